The lowest BCUT2D eigenvalue weighted by atomic mass is 9.32. The van der Waals surface area contributed by atoms with Crippen molar-refractivity contribution < 1.29 is 4.74 Å². The maximum Gasteiger partial charge on any atom is 0.147 e. The van der Waals surface area contributed by atoms with Crippen molar-refractivity contribution in [3.8, 4) is 26.8 Å². The number of benzene rings is 15. The second kappa shape index (κ2) is 35.7. The first-order valence-corrected chi connectivity index (χ1v) is 56.1. The maximum atomic E-state index is 7.15. The van der Waals surface area contributed by atoms with Gasteiger partial charge in [-0.05, 0) is 312 Å². The summed E-state index contributed by atoms with van der Waals surface area (Å²) in [6, 6.07) is 181. The van der Waals surface area contributed by atoms with Gasteiger partial charge in [0.1, 0.15) is 21.4 Å². The van der Waals surface area contributed by atoms with Crippen molar-refractivity contribution in [2.24, 2.45) is 0 Å². The van der Waals surface area contributed by atoms with Crippen LogP contribution < -0.4 is 4.74 Å². The Morgan fingerprint density at radius 1 is 0.170 bits per heavy atom. The molecule has 6 heteroatoms. The standard InChI is InChI=1S/C38H34S.C36H32N2S.C34H32O.C33H31N/c1-5-13-29(14-6-1)33-21-22-34(39-33)38-26-35(30-15-7-2-8-16-30)23-36(27-38,31-17-9-3-10-18-31)25-37(24-35,28-38)32-19-11-4-12-20-32;1-5-13-27(14-6-1)31-37-38-32(39-31)36-24-33(28-15-7-2-8-16-28)21-34(25-36,29-17-9-3-10-18-29)23-35(22-33,26-36)30-19-11-4-12-20-30;1-5-13-27(14-6-1)31-21-32(28-15-7-2-8-16-28)23-33(22-31,29-17-9-3-10-18-29)26-34(24-31,25-32)35-30-19-11-4-12-20-30;1-4-12-26(13-5-1)30-20-31(27-14-6-2-7-15-27)22-32(21-30,28-16-8-3-9-17-28)25-33(23-30,24-31)29-18-10-11-19-34-29/h1-22H,23-28H2;1-20H,21-26H2;1-20H,21-26H2;1-19H,20-25H2. The summed E-state index contributed by atoms with van der Waals surface area (Å²) in [7, 11) is 0. The third kappa shape index (κ3) is 15.7. The van der Waals surface area contributed by atoms with Crippen molar-refractivity contribution in [2.75, 3.05) is 0 Å². The Labute approximate surface area is 877 Å². The second-order valence-electron chi connectivity index (χ2n) is 48.5. The van der Waals surface area contributed by atoms with Gasteiger partial charge in [-0.15, -0.1) is 21.5 Å². The average molecular weight is 1950 g/mol. The summed E-state index contributed by atoms with van der Waals surface area (Å²) >= 11 is 3.89. The Kier molecular flexibility index (Phi) is 22.4. The number of pyridine rings is 1. The number of rotatable bonds is 19. The number of hydrogen-bond acceptors (Lipinski definition) is 6. The molecule has 0 amide bonds. The van der Waals surface area contributed by atoms with E-state index in [4.69, 9.17) is 19.9 Å². The topological polar surface area (TPSA) is 47.9 Å². The molecular formula is C141H129N3OS2. The van der Waals surface area contributed by atoms with Gasteiger partial charge < -0.3 is 4.74 Å². The fourth-order valence-electron chi connectivity index (χ4n) is 36.4. The first-order valence-electron chi connectivity index (χ1n) is 54.4. The van der Waals surface area contributed by atoms with Gasteiger partial charge >= 0.3 is 0 Å². The van der Waals surface area contributed by atoms with Crippen molar-refractivity contribution in [3.63, 3.8) is 0 Å². The van der Waals surface area contributed by atoms with E-state index in [-0.39, 0.29) is 86.8 Å². The van der Waals surface area contributed by atoms with Crippen LogP contribution in [0.25, 0.3) is 21.0 Å². The third-order valence-electron chi connectivity index (χ3n) is 39.2. The highest BCUT2D eigenvalue weighted by Gasteiger charge is 2.75. The van der Waals surface area contributed by atoms with Crippen LogP contribution in [0.1, 0.15) is 236 Å². The molecule has 18 aromatic rings. The minimum atomic E-state index is -0.197. The molecule has 16 fully saturated rings. The van der Waals surface area contributed by atoms with Crippen LogP contribution in [0.4, 0.5) is 0 Å². The Balaban J connectivity index is 0.0000000971. The van der Waals surface area contributed by atoms with Crippen LogP contribution in [0.15, 0.2) is 492 Å². The predicted octanol–water partition coefficient (Wildman–Crippen LogP) is 34.0. The maximum absolute atomic E-state index is 7.15. The fraction of sp³-hybridized carbons (Fsp3) is 0.284. The smallest absolute Gasteiger partial charge is 0.147 e. The molecule has 0 saturated heterocycles. The molecule has 16 aliphatic carbocycles. The Morgan fingerprint density at radius 3 is 0.646 bits per heavy atom. The van der Waals surface area contributed by atoms with E-state index in [1.54, 1.807) is 21.6 Å². The van der Waals surface area contributed by atoms with Crippen molar-refractivity contribution >= 4 is 22.7 Å². The zero-order chi connectivity index (χ0) is 98.0. The number of nitrogens with zero attached hydrogens (tertiary/aromatic N) is 3. The molecule has 16 aliphatic rings. The molecular weight excluding hydrogens is 1820 g/mol. The van der Waals surface area contributed by atoms with Crippen LogP contribution in [0, 0.1) is 0 Å². The second-order valence-corrected chi connectivity index (χ2v) is 50.5. The molecule has 0 radical (unpaired) electrons. The number of para-hydroxylation sites is 1. The van der Waals surface area contributed by atoms with E-state index in [1.807, 2.05) is 17.5 Å². The van der Waals surface area contributed by atoms with Crippen LogP contribution in [0.2, 0.25) is 0 Å². The predicted molar refractivity (Wildman–Crippen MR) is 602 cm³/mol. The van der Waals surface area contributed by atoms with Gasteiger partial charge in [0, 0.05) is 59.7 Å². The molecule has 16 saturated carbocycles. The van der Waals surface area contributed by atoms with Crippen LogP contribution in [0.3, 0.4) is 0 Å². The molecule has 16 bridgehead atoms. The zero-order valence-corrected chi connectivity index (χ0v) is 85.9. The van der Waals surface area contributed by atoms with Crippen LogP contribution >= 0.6 is 22.7 Å². The minimum absolute atomic E-state index is 0.0129. The van der Waals surface area contributed by atoms with Crippen molar-refractivity contribution in [2.45, 2.75) is 241 Å². The van der Waals surface area contributed by atoms with Gasteiger partial charge in [-0.25, -0.2) is 0 Å². The van der Waals surface area contributed by atoms with Gasteiger partial charge in [0.25, 0.3) is 0 Å². The molecule has 0 unspecified atom stereocenters. The minimum Gasteiger partial charge on any atom is -0.487 e. The van der Waals surface area contributed by atoms with Gasteiger partial charge in [0.15, 0.2) is 0 Å². The largest absolute Gasteiger partial charge is 0.487 e. The highest BCUT2D eigenvalue weighted by atomic mass is 32.1. The van der Waals surface area contributed by atoms with Crippen molar-refractivity contribution in [3.05, 3.63) is 574 Å². The molecule has 0 aliphatic heterocycles. The molecule has 147 heavy (non-hydrogen) atoms. The molecule has 15 aromatic carbocycles. The van der Waals surface area contributed by atoms with Crippen LogP contribution in [0.5, 0.6) is 5.75 Å². The highest BCUT2D eigenvalue weighted by Crippen LogP contribution is 2.80. The first kappa shape index (κ1) is 92.1. The summed E-state index contributed by atoms with van der Waals surface area (Å²) in [4.78, 5) is 8.04. The molecule has 4 nitrogen and oxygen atoms in total. The van der Waals surface area contributed by atoms with Gasteiger partial charge in [-0.3, -0.25) is 4.98 Å². The Bertz CT molecular complexity index is 6740. The van der Waals surface area contributed by atoms with Gasteiger partial charge in [0.2, 0.25) is 0 Å². The van der Waals surface area contributed by atoms with E-state index < -0.39 is 0 Å². The van der Waals surface area contributed by atoms with Crippen LogP contribution in [-0.2, 0) is 81.2 Å². The van der Waals surface area contributed by atoms with E-state index in [0.717, 1.165) is 49.3 Å². The number of aromatic nitrogens is 3. The average Bonchev–Trinajstić information content (AvgIpc) is 1.64. The molecule has 34 rings (SSSR count). The van der Waals surface area contributed by atoms with Gasteiger partial charge in [-0.1, -0.05) is 460 Å². The van der Waals surface area contributed by atoms with Crippen molar-refractivity contribution in [1.82, 2.24) is 15.2 Å². The first-order chi connectivity index (χ1) is 72.1. The quantitative estimate of drug-likeness (QED) is 0.0809. The molecule has 0 atom stereocenters. The van der Waals surface area contributed by atoms with E-state index in [9.17, 15) is 0 Å². The summed E-state index contributed by atoms with van der Waals surface area (Å²) < 4.78 is 7.15. The third-order valence-corrected chi connectivity index (χ3v) is 41.8. The lowest BCUT2D eigenvalue weighted by molar-refractivity contribution is -0.147. The highest BCUT2D eigenvalue weighted by molar-refractivity contribution is 7.15. The summed E-state index contributed by atoms with van der Waals surface area (Å²) in [5.41, 5.74) is 23.5. The molecule has 726 valence electrons. The fourth-order valence-corrected chi connectivity index (χ4v) is 38.7. The lowest BCUT2D eigenvalue weighted by Crippen LogP contribution is -2.69. The lowest BCUT2D eigenvalue weighted by Gasteiger charge is -2.71. The van der Waals surface area contributed by atoms with E-state index >= 15 is 0 Å². The summed E-state index contributed by atoms with van der Waals surface area (Å²) in [5.74, 6) is 1.00. The summed E-state index contributed by atoms with van der Waals surface area (Å²) in [6.45, 7) is 0. The molecule has 3 aromatic heterocycles. The van der Waals surface area contributed by atoms with E-state index in [0.29, 0.717) is 0 Å². The van der Waals surface area contributed by atoms with Gasteiger partial charge in [0.05, 0.1) is 0 Å². The Hall–Kier alpha value is -13.5. The SMILES string of the molecule is c1ccc(-c2ccc(C34CC5(c6ccccc6)CC(c6ccccc6)(CC(c6ccccc6)(C5)C3)C4)s2)cc1.c1ccc(-c2nnc(C34CC5(c6ccccc6)CC(c6ccccc6)(CC(c6ccccc6)(C5)C3)C4)s2)cc1.c1ccc(C23CC4(c5ccccc5)CC(c5ccccc5)(C2)CC(c2ccccn2)(C3)C4)cc1.c1ccc(OC23CC4(c5ccccc5)CC(c5ccccc5)(C2)CC(c2ccccc2)(C3)C4)cc1. The molecule has 3 heterocycles. The number of hydrogen-bond donors (Lipinski definition) is 0. The van der Waals surface area contributed by atoms with Crippen molar-refractivity contribution in [1.29, 1.82) is 0 Å². The Morgan fingerprint density at radius 2 is 0.388 bits per heavy atom. The molecule has 0 spiro atoms. The van der Waals surface area contributed by atoms with Crippen LogP contribution in [-0.4, -0.2) is 20.8 Å². The number of ether oxygens (including phenoxy) is 1. The summed E-state index contributed by atoms with van der Waals surface area (Å²) in [6.07, 6.45) is 30.7. The molecule has 0 N–H and O–H groups in total. The zero-order valence-electron chi connectivity index (χ0n) is 84.3. The van der Waals surface area contributed by atoms with E-state index in [1.165, 1.54) is 192 Å². The van der Waals surface area contributed by atoms with Gasteiger partial charge in [-0.2, -0.15) is 0 Å². The van der Waals surface area contributed by atoms with E-state index in [2.05, 4.69) is 497 Å². The normalized spacial score (nSPS) is 32.0. The summed E-state index contributed by atoms with van der Waals surface area (Å²) in [5, 5.41) is 12.1. The number of thiophene rings is 1. The monoisotopic (exact) mass is 1940 g/mol.